The van der Waals surface area contributed by atoms with Crippen LogP contribution in [-0.4, -0.2) is 30.3 Å². The van der Waals surface area contributed by atoms with Crippen molar-refractivity contribution in [3.63, 3.8) is 0 Å². The minimum atomic E-state index is -0.0858. The molecule has 0 aromatic heterocycles. The largest absolute Gasteiger partial charge is 0.346 e. The molecule has 0 spiro atoms. The van der Waals surface area contributed by atoms with Gasteiger partial charge in [0.25, 0.3) is 0 Å². The van der Waals surface area contributed by atoms with E-state index in [9.17, 15) is 9.59 Å². The summed E-state index contributed by atoms with van der Waals surface area (Å²) >= 11 is 0. The van der Waals surface area contributed by atoms with E-state index in [4.69, 9.17) is 0 Å². The lowest BCUT2D eigenvalue weighted by molar-refractivity contribution is -0.127. The Morgan fingerprint density at radius 3 is 2.47 bits per heavy atom. The minimum absolute atomic E-state index is 0.0435. The number of hydrogen-bond donors (Lipinski definition) is 1. The first-order valence-corrected chi connectivity index (χ1v) is 5.58. The summed E-state index contributed by atoms with van der Waals surface area (Å²) < 4.78 is 0. The molecule has 4 heteroatoms. The van der Waals surface area contributed by atoms with Crippen molar-refractivity contribution in [1.29, 1.82) is 0 Å². The molecule has 2 amide bonds. The van der Waals surface area contributed by atoms with Gasteiger partial charge in [-0.05, 0) is 18.1 Å². The lowest BCUT2D eigenvalue weighted by Gasteiger charge is -2.16. The van der Waals surface area contributed by atoms with E-state index in [2.05, 4.69) is 5.32 Å². The van der Waals surface area contributed by atoms with Crippen LogP contribution in [0.4, 0.5) is 5.69 Å². The molecule has 0 fully saturated rings. The second-order valence-corrected chi connectivity index (χ2v) is 4.03. The monoisotopic (exact) mass is 234 g/mol. The topological polar surface area (TPSA) is 49.4 Å². The van der Waals surface area contributed by atoms with E-state index in [1.54, 1.807) is 18.9 Å². The molecule has 0 heterocycles. The zero-order chi connectivity index (χ0) is 12.8. The normalized spacial score (nSPS) is 9.82. The lowest BCUT2D eigenvalue weighted by atomic mass is 10.1. The van der Waals surface area contributed by atoms with Crippen LogP contribution in [0, 0.1) is 0 Å². The highest BCUT2D eigenvalue weighted by Crippen LogP contribution is 2.15. The number of anilines is 1. The second kappa shape index (κ2) is 6.03. The first-order chi connectivity index (χ1) is 8.00. The third-order valence-corrected chi connectivity index (χ3v) is 2.58. The van der Waals surface area contributed by atoms with Gasteiger partial charge >= 0.3 is 0 Å². The van der Waals surface area contributed by atoms with E-state index in [0.717, 1.165) is 17.7 Å². The molecular weight excluding hydrogens is 216 g/mol. The molecule has 0 radical (unpaired) electrons. The van der Waals surface area contributed by atoms with Crippen molar-refractivity contribution in [3.8, 4) is 0 Å². The Morgan fingerprint density at radius 2 is 1.88 bits per heavy atom. The molecular formula is C13H18N2O2. The van der Waals surface area contributed by atoms with E-state index in [1.807, 2.05) is 24.3 Å². The first-order valence-electron chi connectivity index (χ1n) is 5.58. The molecule has 0 unspecified atom stereocenters. The fourth-order valence-corrected chi connectivity index (χ4v) is 1.50. The number of likely N-dealkylation sites (N-methyl/N-ethyl adjacent to an activating group) is 1. The highest BCUT2D eigenvalue weighted by Gasteiger charge is 2.06. The minimum Gasteiger partial charge on any atom is -0.346 e. The van der Waals surface area contributed by atoms with E-state index in [0.29, 0.717) is 6.54 Å². The molecule has 4 nitrogen and oxygen atoms in total. The van der Waals surface area contributed by atoms with E-state index < -0.39 is 0 Å². The summed E-state index contributed by atoms with van der Waals surface area (Å²) in [5, 5.41) is 2.78. The summed E-state index contributed by atoms with van der Waals surface area (Å²) in [5.41, 5.74) is 1.85. The second-order valence-electron chi connectivity index (χ2n) is 4.03. The molecule has 1 N–H and O–H groups in total. The summed E-state index contributed by atoms with van der Waals surface area (Å²) in [6, 6.07) is 7.63. The van der Waals surface area contributed by atoms with Crippen molar-refractivity contribution >= 4 is 17.5 Å². The average Bonchev–Trinajstić information content (AvgIpc) is 2.26. The van der Waals surface area contributed by atoms with E-state index >= 15 is 0 Å². The summed E-state index contributed by atoms with van der Waals surface area (Å²) in [6.07, 6.45) is 0.729. The van der Waals surface area contributed by atoms with Gasteiger partial charge in [0.1, 0.15) is 0 Å². The van der Waals surface area contributed by atoms with Gasteiger partial charge in [0, 0.05) is 33.1 Å². The maximum Gasteiger partial charge on any atom is 0.221 e. The highest BCUT2D eigenvalue weighted by atomic mass is 16.2. The molecule has 92 valence electrons. The van der Waals surface area contributed by atoms with Crippen molar-refractivity contribution < 1.29 is 9.59 Å². The third-order valence-electron chi connectivity index (χ3n) is 2.58. The lowest BCUT2D eigenvalue weighted by Crippen LogP contribution is -2.26. The molecule has 0 atom stereocenters. The number of amides is 2. The number of hydrogen-bond acceptors (Lipinski definition) is 2. The molecule has 0 aliphatic rings. The fraction of sp³-hybridized carbons (Fsp3) is 0.385. The van der Waals surface area contributed by atoms with Gasteiger partial charge in [-0.15, -0.1) is 0 Å². The van der Waals surface area contributed by atoms with Crippen LogP contribution < -0.4 is 5.32 Å². The Morgan fingerprint density at radius 1 is 1.24 bits per heavy atom. The van der Waals surface area contributed by atoms with Crippen molar-refractivity contribution in [2.75, 3.05) is 18.9 Å². The Labute approximate surface area is 102 Å². The van der Waals surface area contributed by atoms with Gasteiger partial charge in [-0.3, -0.25) is 9.59 Å². The quantitative estimate of drug-likeness (QED) is 0.861. The smallest absolute Gasteiger partial charge is 0.221 e. The molecule has 17 heavy (non-hydrogen) atoms. The molecule has 0 saturated heterocycles. The maximum atomic E-state index is 11.1. The first kappa shape index (κ1) is 13.2. The van der Waals surface area contributed by atoms with Crippen molar-refractivity contribution in [1.82, 2.24) is 4.90 Å². The van der Waals surface area contributed by atoms with Crippen LogP contribution in [-0.2, 0) is 16.0 Å². The van der Waals surface area contributed by atoms with Gasteiger partial charge in [0.2, 0.25) is 11.8 Å². The van der Waals surface area contributed by atoms with Crippen molar-refractivity contribution in [2.45, 2.75) is 20.3 Å². The zero-order valence-electron chi connectivity index (χ0n) is 10.5. The number of para-hydroxylation sites is 1. The number of rotatable bonds is 4. The van der Waals surface area contributed by atoms with Gasteiger partial charge in [0.15, 0.2) is 0 Å². The van der Waals surface area contributed by atoms with Crippen LogP contribution in [0.3, 0.4) is 0 Å². The summed E-state index contributed by atoms with van der Waals surface area (Å²) in [5.74, 6) is -0.0422. The molecule has 1 rings (SSSR count). The average molecular weight is 234 g/mol. The molecule has 0 bridgehead atoms. The van der Waals surface area contributed by atoms with Crippen LogP contribution in [0.25, 0.3) is 0 Å². The summed E-state index contributed by atoms with van der Waals surface area (Å²) in [7, 11) is 1.77. The SMILES string of the molecule is CC(=O)Nc1ccccc1CCN(C)C(C)=O. The summed E-state index contributed by atoms with van der Waals surface area (Å²) in [6.45, 7) is 3.67. The molecule has 0 aliphatic carbocycles. The summed E-state index contributed by atoms with van der Waals surface area (Å²) in [4.78, 5) is 23.8. The fourth-order valence-electron chi connectivity index (χ4n) is 1.50. The predicted molar refractivity (Wildman–Crippen MR) is 67.8 cm³/mol. The maximum absolute atomic E-state index is 11.1. The number of benzene rings is 1. The zero-order valence-corrected chi connectivity index (χ0v) is 10.5. The van der Waals surface area contributed by atoms with Gasteiger partial charge < -0.3 is 10.2 Å². The van der Waals surface area contributed by atoms with Gasteiger partial charge in [0.05, 0.1) is 0 Å². The van der Waals surface area contributed by atoms with Crippen molar-refractivity contribution in [2.24, 2.45) is 0 Å². The van der Waals surface area contributed by atoms with E-state index in [1.165, 1.54) is 6.92 Å². The number of nitrogens with one attached hydrogen (secondary N) is 1. The number of carbonyl (C=O) groups is 2. The molecule has 1 aromatic carbocycles. The van der Waals surface area contributed by atoms with Crippen LogP contribution in [0.2, 0.25) is 0 Å². The highest BCUT2D eigenvalue weighted by molar-refractivity contribution is 5.89. The Bertz CT molecular complexity index is 416. The van der Waals surface area contributed by atoms with Crippen LogP contribution in [0.1, 0.15) is 19.4 Å². The van der Waals surface area contributed by atoms with Gasteiger partial charge in [-0.2, -0.15) is 0 Å². The molecule has 0 saturated carbocycles. The van der Waals surface area contributed by atoms with E-state index in [-0.39, 0.29) is 11.8 Å². The molecule has 1 aromatic rings. The molecule has 0 aliphatic heterocycles. The number of carbonyl (C=O) groups excluding carboxylic acids is 2. The van der Waals surface area contributed by atoms with Crippen molar-refractivity contribution in [3.05, 3.63) is 29.8 Å². The van der Waals surface area contributed by atoms with Crippen LogP contribution >= 0.6 is 0 Å². The Balaban J connectivity index is 2.70. The standard InChI is InChI=1S/C13H18N2O2/c1-10(16)14-13-7-5-4-6-12(13)8-9-15(3)11(2)17/h4-7H,8-9H2,1-3H3,(H,14,16). The van der Waals surface area contributed by atoms with Crippen LogP contribution in [0.15, 0.2) is 24.3 Å². The van der Waals surface area contributed by atoms with Gasteiger partial charge in [-0.1, -0.05) is 18.2 Å². The Kier molecular flexibility index (Phi) is 4.69. The van der Waals surface area contributed by atoms with Gasteiger partial charge in [-0.25, -0.2) is 0 Å². The Hall–Kier alpha value is -1.84. The number of nitrogens with zero attached hydrogens (tertiary/aromatic N) is 1. The van der Waals surface area contributed by atoms with Crippen LogP contribution in [0.5, 0.6) is 0 Å². The third kappa shape index (κ3) is 4.26. The predicted octanol–water partition coefficient (Wildman–Crippen LogP) is 1.67.